The molecule has 2 rings (SSSR count). The Morgan fingerprint density at radius 1 is 1.37 bits per heavy atom. The second kappa shape index (κ2) is 10.2. The highest BCUT2D eigenvalue weighted by Crippen LogP contribution is 2.25. The van der Waals surface area contributed by atoms with Gasteiger partial charge in [-0.05, 0) is 76.3 Å². The Balaban J connectivity index is 1.77. The van der Waals surface area contributed by atoms with Gasteiger partial charge in [0.1, 0.15) is 11.4 Å². The van der Waals surface area contributed by atoms with E-state index in [9.17, 15) is 4.79 Å². The standard InChI is InChI=1S/C21H33ClN2O3/c1-5-12-26-19-7-6-18(22)13-17(19)9-11-24-10-8-16(15-24)14-23-20(25)27-21(2,3)4/h6-7,13,16H,5,8-12,14-15H2,1-4H3,(H,23,25)/t16-/m0/s1. The molecule has 1 N–H and O–H groups in total. The Morgan fingerprint density at radius 2 is 2.15 bits per heavy atom. The van der Waals surface area contributed by atoms with Crippen molar-refractivity contribution >= 4 is 17.7 Å². The van der Waals surface area contributed by atoms with Crippen molar-refractivity contribution in [2.75, 3.05) is 32.8 Å². The minimum atomic E-state index is -0.458. The third kappa shape index (κ3) is 7.97. The predicted molar refractivity (Wildman–Crippen MR) is 110 cm³/mol. The fraction of sp³-hybridized carbons (Fsp3) is 0.667. The van der Waals surface area contributed by atoms with Crippen LogP contribution in [0.2, 0.25) is 5.02 Å². The van der Waals surface area contributed by atoms with Gasteiger partial charge in [0.25, 0.3) is 0 Å². The molecule has 1 aliphatic heterocycles. The highest BCUT2D eigenvalue weighted by molar-refractivity contribution is 6.30. The number of ether oxygens (including phenoxy) is 2. The molecule has 27 heavy (non-hydrogen) atoms. The number of halogens is 1. The quantitative estimate of drug-likeness (QED) is 0.701. The second-order valence-electron chi connectivity index (χ2n) is 8.19. The molecule has 0 aromatic heterocycles. The van der Waals surface area contributed by atoms with Crippen molar-refractivity contribution in [1.82, 2.24) is 10.2 Å². The van der Waals surface area contributed by atoms with Crippen molar-refractivity contribution < 1.29 is 14.3 Å². The lowest BCUT2D eigenvalue weighted by molar-refractivity contribution is 0.0519. The van der Waals surface area contributed by atoms with Crippen LogP contribution in [0.15, 0.2) is 18.2 Å². The van der Waals surface area contributed by atoms with Crippen LogP contribution in [-0.2, 0) is 11.2 Å². The molecule has 6 heteroatoms. The van der Waals surface area contributed by atoms with Crippen LogP contribution in [0.3, 0.4) is 0 Å². The van der Waals surface area contributed by atoms with Crippen LogP contribution in [0.25, 0.3) is 0 Å². The molecule has 1 amide bonds. The zero-order valence-electron chi connectivity index (χ0n) is 17.0. The van der Waals surface area contributed by atoms with E-state index in [0.29, 0.717) is 12.5 Å². The van der Waals surface area contributed by atoms with Crippen LogP contribution in [0.4, 0.5) is 4.79 Å². The summed E-state index contributed by atoms with van der Waals surface area (Å²) >= 11 is 6.16. The first-order chi connectivity index (χ1) is 12.8. The number of carbonyl (C=O) groups excluding carboxylic acids is 1. The Labute approximate surface area is 168 Å². The Kier molecular flexibility index (Phi) is 8.24. The summed E-state index contributed by atoms with van der Waals surface area (Å²) in [5, 5.41) is 3.64. The normalized spacial score (nSPS) is 17.7. The van der Waals surface area contributed by atoms with E-state index in [1.807, 2.05) is 39.0 Å². The van der Waals surface area contributed by atoms with E-state index in [1.54, 1.807) is 0 Å². The summed E-state index contributed by atoms with van der Waals surface area (Å²) in [4.78, 5) is 14.2. The van der Waals surface area contributed by atoms with Gasteiger partial charge in [0.2, 0.25) is 0 Å². The topological polar surface area (TPSA) is 50.8 Å². The number of hydrogen-bond donors (Lipinski definition) is 1. The van der Waals surface area contributed by atoms with E-state index < -0.39 is 5.60 Å². The number of benzene rings is 1. The molecular weight excluding hydrogens is 364 g/mol. The molecule has 152 valence electrons. The van der Waals surface area contributed by atoms with Crippen LogP contribution in [0, 0.1) is 5.92 Å². The number of hydrogen-bond acceptors (Lipinski definition) is 4. The summed E-state index contributed by atoms with van der Waals surface area (Å²) in [6.07, 6.45) is 2.65. The lowest BCUT2D eigenvalue weighted by Gasteiger charge is -2.21. The zero-order valence-corrected chi connectivity index (χ0v) is 17.8. The van der Waals surface area contributed by atoms with Gasteiger partial charge in [-0.1, -0.05) is 18.5 Å². The van der Waals surface area contributed by atoms with E-state index in [0.717, 1.165) is 61.8 Å². The SMILES string of the molecule is CCCOc1ccc(Cl)cc1CCN1CC[C@@H](CNC(=O)OC(C)(C)C)C1. The van der Waals surface area contributed by atoms with Crippen molar-refractivity contribution in [3.63, 3.8) is 0 Å². The number of nitrogens with one attached hydrogen (secondary N) is 1. The molecule has 0 saturated carbocycles. The van der Waals surface area contributed by atoms with Crippen LogP contribution >= 0.6 is 11.6 Å². The van der Waals surface area contributed by atoms with Crippen LogP contribution in [-0.4, -0.2) is 49.4 Å². The van der Waals surface area contributed by atoms with Crippen LogP contribution in [0.1, 0.15) is 46.1 Å². The molecule has 1 heterocycles. The molecule has 1 aromatic rings. The third-order valence-corrected chi connectivity index (χ3v) is 4.72. The van der Waals surface area contributed by atoms with Crippen molar-refractivity contribution in [1.29, 1.82) is 0 Å². The zero-order chi connectivity index (χ0) is 19.9. The molecule has 0 spiro atoms. The third-order valence-electron chi connectivity index (χ3n) is 4.49. The molecule has 1 atom stereocenters. The summed E-state index contributed by atoms with van der Waals surface area (Å²) in [6, 6.07) is 5.85. The Hall–Kier alpha value is -1.46. The molecular formula is C21H33ClN2O3. The number of rotatable bonds is 8. The Bertz CT molecular complexity index is 616. The maximum Gasteiger partial charge on any atom is 0.407 e. The molecule has 0 unspecified atom stereocenters. The van der Waals surface area contributed by atoms with E-state index in [2.05, 4.69) is 17.1 Å². The van der Waals surface area contributed by atoms with Crippen LogP contribution in [0.5, 0.6) is 5.75 Å². The second-order valence-corrected chi connectivity index (χ2v) is 8.63. The van der Waals surface area contributed by atoms with Gasteiger partial charge in [-0.25, -0.2) is 4.79 Å². The van der Waals surface area contributed by atoms with E-state index in [-0.39, 0.29) is 6.09 Å². The molecule has 5 nitrogen and oxygen atoms in total. The maximum atomic E-state index is 11.8. The number of amides is 1. The Morgan fingerprint density at radius 3 is 2.85 bits per heavy atom. The fourth-order valence-corrected chi connectivity index (χ4v) is 3.39. The average Bonchev–Trinajstić information content (AvgIpc) is 3.04. The first kappa shape index (κ1) is 21.8. The summed E-state index contributed by atoms with van der Waals surface area (Å²) in [5.41, 5.74) is 0.701. The minimum absolute atomic E-state index is 0.336. The minimum Gasteiger partial charge on any atom is -0.493 e. The molecule has 1 fully saturated rings. The predicted octanol–water partition coefficient (Wildman–Crippen LogP) is 4.52. The van der Waals surface area contributed by atoms with E-state index in [1.165, 1.54) is 0 Å². The largest absolute Gasteiger partial charge is 0.493 e. The van der Waals surface area contributed by atoms with Gasteiger partial charge < -0.3 is 19.7 Å². The summed E-state index contributed by atoms with van der Waals surface area (Å²) < 4.78 is 11.1. The summed E-state index contributed by atoms with van der Waals surface area (Å²) in [6.45, 7) is 12.1. The molecule has 0 aliphatic carbocycles. The number of alkyl carbamates (subject to hydrolysis) is 1. The number of carbonyl (C=O) groups is 1. The summed E-state index contributed by atoms with van der Waals surface area (Å²) in [5.74, 6) is 1.40. The van der Waals surface area contributed by atoms with Crippen molar-refractivity contribution in [3.8, 4) is 5.75 Å². The van der Waals surface area contributed by atoms with E-state index >= 15 is 0 Å². The monoisotopic (exact) mass is 396 g/mol. The highest BCUT2D eigenvalue weighted by atomic mass is 35.5. The van der Waals surface area contributed by atoms with Gasteiger partial charge in [0.05, 0.1) is 6.61 Å². The molecule has 1 aliphatic rings. The molecule has 1 saturated heterocycles. The lowest BCUT2D eigenvalue weighted by atomic mass is 10.1. The van der Waals surface area contributed by atoms with Gasteiger partial charge in [-0.2, -0.15) is 0 Å². The fourth-order valence-electron chi connectivity index (χ4n) is 3.20. The maximum absolute atomic E-state index is 11.8. The number of nitrogens with zero attached hydrogens (tertiary/aromatic N) is 1. The molecule has 1 aromatic carbocycles. The molecule has 0 bridgehead atoms. The average molecular weight is 397 g/mol. The van der Waals surface area contributed by atoms with Gasteiger partial charge in [-0.15, -0.1) is 0 Å². The van der Waals surface area contributed by atoms with Gasteiger partial charge >= 0.3 is 6.09 Å². The first-order valence-electron chi connectivity index (χ1n) is 9.87. The van der Waals surface area contributed by atoms with Crippen molar-refractivity contribution in [2.24, 2.45) is 5.92 Å². The van der Waals surface area contributed by atoms with Crippen molar-refractivity contribution in [2.45, 2.75) is 52.6 Å². The first-order valence-corrected chi connectivity index (χ1v) is 10.2. The molecule has 0 radical (unpaired) electrons. The van der Waals surface area contributed by atoms with Gasteiger partial charge in [0.15, 0.2) is 0 Å². The highest BCUT2D eigenvalue weighted by Gasteiger charge is 2.24. The lowest BCUT2D eigenvalue weighted by Crippen LogP contribution is -2.36. The summed E-state index contributed by atoms with van der Waals surface area (Å²) in [7, 11) is 0. The van der Waals surface area contributed by atoms with E-state index in [4.69, 9.17) is 21.1 Å². The smallest absolute Gasteiger partial charge is 0.407 e. The van der Waals surface area contributed by atoms with Gasteiger partial charge in [-0.3, -0.25) is 0 Å². The van der Waals surface area contributed by atoms with Crippen molar-refractivity contribution in [3.05, 3.63) is 28.8 Å². The van der Waals surface area contributed by atoms with Gasteiger partial charge in [0, 0.05) is 24.7 Å². The number of likely N-dealkylation sites (tertiary alicyclic amines) is 1. The van der Waals surface area contributed by atoms with Crippen LogP contribution < -0.4 is 10.1 Å².